The third-order valence-electron chi connectivity index (χ3n) is 3.18. The number of ketones is 1. The molecule has 0 saturated heterocycles. The second kappa shape index (κ2) is 4.84. The third kappa shape index (κ3) is 2.47. The van der Waals surface area contributed by atoms with E-state index in [9.17, 15) is 9.59 Å². The highest BCUT2D eigenvalue weighted by atomic mass is 16.1. The van der Waals surface area contributed by atoms with Crippen molar-refractivity contribution in [2.24, 2.45) is 0 Å². The van der Waals surface area contributed by atoms with Gasteiger partial charge in [0.25, 0.3) is 5.56 Å². The van der Waals surface area contributed by atoms with Crippen LogP contribution >= 0.6 is 0 Å². The molecule has 1 aliphatic carbocycles. The van der Waals surface area contributed by atoms with Crippen LogP contribution in [-0.2, 0) is 13.0 Å². The molecule has 1 aliphatic rings. The van der Waals surface area contributed by atoms with Gasteiger partial charge in [0.15, 0.2) is 5.78 Å². The molecule has 0 unspecified atom stereocenters. The summed E-state index contributed by atoms with van der Waals surface area (Å²) in [7, 11) is 3.96. The minimum atomic E-state index is 0.000278. The van der Waals surface area contributed by atoms with E-state index in [2.05, 4.69) is 0 Å². The van der Waals surface area contributed by atoms with Gasteiger partial charge in [0.2, 0.25) is 0 Å². The summed E-state index contributed by atoms with van der Waals surface area (Å²) in [5.74, 6) is 0.171. The highest BCUT2D eigenvalue weighted by Crippen LogP contribution is 2.19. The van der Waals surface area contributed by atoms with Crippen LogP contribution in [0.2, 0.25) is 0 Å². The van der Waals surface area contributed by atoms with E-state index in [4.69, 9.17) is 0 Å². The Morgan fingerprint density at radius 3 is 2.71 bits per heavy atom. The molecule has 0 saturated carbocycles. The lowest BCUT2D eigenvalue weighted by Crippen LogP contribution is -2.31. The zero-order chi connectivity index (χ0) is 12.4. The molecular formula is C13H18N2O2. The summed E-state index contributed by atoms with van der Waals surface area (Å²) in [6.45, 7) is 1.47. The Balaban J connectivity index is 2.39. The van der Waals surface area contributed by atoms with Gasteiger partial charge in [-0.2, -0.15) is 0 Å². The highest BCUT2D eigenvalue weighted by Gasteiger charge is 2.20. The Morgan fingerprint density at radius 2 is 2.00 bits per heavy atom. The molecule has 0 aromatic carbocycles. The van der Waals surface area contributed by atoms with E-state index in [1.165, 1.54) is 6.07 Å². The number of rotatable bonds is 3. The molecule has 1 aromatic heterocycles. The smallest absolute Gasteiger partial charge is 0.250 e. The molecule has 17 heavy (non-hydrogen) atoms. The van der Waals surface area contributed by atoms with Gasteiger partial charge in [-0.15, -0.1) is 0 Å². The zero-order valence-corrected chi connectivity index (χ0v) is 10.4. The summed E-state index contributed by atoms with van der Waals surface area (Å²) < 4.78 is 1.76. The van der Waals surface area contributed by atoms with Crippen molar-refractivity contribution in [3.63, 3.8) is 0 Å². The first-order valence-electron chi connectivity index (χ1n) is 6.00. The zero-order valence-electron chi connectivity index (χ0n) is 10.4. The van der Waals surface area contributed by atoms with Gasteiger partial charge in [-0.25, -0.2) is 0 Å². The predicted octanol–water partition coefficient (Wildman–Crippen LogP) is 0.929. The summed E-state index contributed by atoms with van der Waals surface area (Å²) in [5.41, 5.74) is 1.67. The quantitative estimate of drug-likeness (QED) is 0.781. The van der Waals surface area contributed by atoms with Crippen LogP contribution in [0, 0.1) is 0 Å². The molecule has 0 bridgehead atoms. The molecule has 1 heterocycles. The van der Waals surface area contributed by atoms with E-state index < -0.39 is 0 Å². The van der Waals surface area contributed by atoms with E-state index in [0.29, 0.717) is 13.0 Å². The molecule has 1 aromatic rings. The topological polar surface area (TPSA) is 42.3 Å². The average Bonchev–Trinajstić information content (AvgIpc) is 2.27. The molecule has 0 amide bonds. The van der Waals surface area contributed by atoms with Crippen LogP contribution < -0.4 is 5.56 Å². The van der Waals surface area contributed by atoms with Gasteiger partial charge in [0.05, 0.1) is 0 Å². The van der Waals surface area contributed by atoms with Crippen LogP contribution in [0.25, 0.3) is 0 Å². The number of nitrogens with zero attached hydrogens (tertiary/aromatic N) is 2. The molecule has 4 nitrogen and oxygen atoms in total. The fraction of sp³-hybridized carbons (Fsp3) is 0.538. The third-order valence-corrected chi connectivity index (χ3v) is 3.18. The fourth-order valence-electron chi connectivity index (χ4n) is 2.24. The van der Waals surface area contributed by atoms with E-state index >= 15 is 0 Å². The van der Waals surface area contributed by atoms with E-state index in [-0.39, 0.29) is 11.3 Å². The first-order chi connectivity index (χ1) is 8.09. The summed E-state index contributed by atoms with van der Waals surface area (Å²) in [6, 6.07) is 3.20. The largest absolute Gasteiger partial charge is 0.311 e. The molecule has 2 rings (SSSR count). The van der Waals surface area contributed by atoms with Crippen LogP contribution in [0.1, 0.15) is 28.9 Å². The number of carbonyl (C=O) groups is 1. The maximum Gasteiger partial charge on any atom is 0.250 e. The molecule has 0 radical (unpaired) electrons. The van der Waals surface area contributed by atoms with Gasteiger partial charge in [-0.3, -0.25) is 9.59 Å². The number of likely N-dealkylation sites (N-methyl/N-ethyl adjacent to an activating group) is 1. The molecular weight excluding hydrogens is 216 g/mol. The summed E-state index contributed by atoms with van der Waals surface area (Å²) in [4.78, 5) is 25.6. The molecule has 92 valence electrons. The Kier molecular flexibility index (Phi) is 3.43. The Hall–Kier alpha value is -1.42. The minimum absolute atomic E-state index is 0.000278. The lowest BCUT2D eigenvalue weighted by atomic mass is 9.94. The monoisotopic (exact) mass is 234 g/mol. The molecule has 0 spiro atoms. The molecule has 0 fully saturated rings. The SMILES string of the molecule is CN(C)CCn1c2c(ccc1=O)C(=O)CCC2. The lowest BCUT2D eigenvalue weighted by Gasteiger charge is -2.21. The second-order valence-corrected chi connectivity index (χ2v) is 4.76. The van der Waals surface area contributed by atoms with Gasteiger partial charge in [-0.05, 0) is 33.0 Å². The van der Waals surface area contributed by atoms with Crippen molar-refractivity contribution < 1.29 is 4.79 Å². The number of hydrogen-bond acceptors (Lipinski definition) is 3. The maximum absolute atomic E-state index is 11.8. The van der Waals surface area contributed by atoms with Crippen LogP contribution in [-0.4, -0.2) is 35.9 Å². The number of carbonyl (C=O) groups excluding carboxylic acids is 1. The molecule has 0 atom stereocenters. The molecule has 0 aliphatic heterocycles. The van der Waals surface area contributed by atoms with Crippen molar-refractivity contribution in [3.8, 4) is 0 Å². The van der Waals surface area contributed by atoms with Gasteiger partial charge in [0, 0.05) is 36.8 Å². The number of aromatic nitrogens is 1. The summed E-state index contributed by atoms with van der Waals surface area (Å²) in [5, 5.41) is 0. The fourth-order valence-corrected chi connectivity index (χ4v) is 2.24. The van der Waals surface area contributed by atoms with Crippen LogP contribution in [0.3, 0.4) is 0 Å². The standard InChI is InChI=1S/C13H18N2O2/c1-14(2)8-9-15-11-4-3-5-12(16)10(11)6-7-13(15)17/h6-7H,3-5,8-9H2,1-2H3. The summed E-state index contributed by atoms with van der Waals surface area (Å²) >= 11 is 0. The number of Topliss-reactive ketones (excluding diaryl/α,β-unsaturated/α-hetero) is 1. The Labute approximate surface area is 101 Å². The number of hydrogen-bond donors (Lipinski definition) is 0. The first kappa shape index (κ1) is 12.0. The number of pyridine rings is 1. The maximum atomic E-state index is 11.8. The van der Waals surface area contributed by atoms with Crippen molar-refractivity contribution >= 4 is 5.78 Å². The minimum Gasteiger partial charge on any atom is -0.311 e. The predicted molar refractivity (Wildman–Crippen MR) is 66.5 cm³/mol. The average molecular weight is 234 g/mol. The van der Waals surface area contributed by atoms with Crippen molar-refractivity contribution in [1.82, 2.24) is 9.47 Å². The van der Waals surface area contributed by atoms with Crippen LogP contribution in [0.4, 0.5) is 0 Å². The highest BCUT2D eigenvalue weighted by molar-refractivity contribution is 5.97. The van der Waals surface area contributed by atoms with E-state index in [1.807, 2.05) is 19.0 Å². The molecule has 4 heteroatoms. The van der Waals surface area contributed by atoms with Gasteiger partial charge < -0.3 is 9.47 Å². The second-order valence-electron chi connectivity index (χ2n) is 4.76. The molecule has 0 N–H and O–H groups in total. The Morgan fingerprint density at radius 1 is 1.24 bits per heavy atom. The van der Waals surface area contributed by atoms with Crippen molar-refractivity contribution in [2.45, 2.75) is 25.8 Å². The van der Waals surface area contributed by atoms with Gasteiger partial charge in [-0.1, -0.05) is 0 Å². The van der Waals surface area contributed by atoms with Gasteiger partial charge >= 0.3 is 0 Å². The van der Waals surface area contributed by atoms with E-state index in [1.54, 1.807) is 10.6 Å². The normalized spacial score (nSPS) is 15.1. The van der Waals surface area contributed by atoms with Gasteiger partial charge in [0.1, 0.15) is 0 Å². The van der Waals surface area contributed by atoms with Crippen molar-refractivity contribution in [3.05, 3.63) is 33.7 Å². The van der Waals surface area contributed by atoms with E-state index in [0.717, 1.165) is 30.6 Å². The van der Waals surface area contributed by atoms with Crippen LogP contribution in [0.5, 0.6) is 0 Å². The Bertz CT molecular complexity index is 489. The van der Waals surface area contributed by atoms with Crippen molar-refractivity contribution in [1.29, 1.82) is 0 Å². The summed E-state index contributed by atoms with van der Waals surface area (Å²) in [6.07, 6.45) is 2.31. The first-order valence-corrected chi connectivity index (χ1v) is 6.00. The number of fused-ring (bicyclic) bond motifs is 1. The van der Waals surface area contributed by atoms with Crippen molar-refractivity contribution in [2.75, 3.05) is 20.6 Å². The van der Waals surface area contributed by atoms with Crippen LogP contribution in [0.15, 0.2) is 16.9 Å². The lowest BCUT2D eigenvalue weighted by molar-refractivity contribution is 0.0970.